The molecule has 0 aliphatic heterocycles. The van der Waals surface area contributed by atoms with Gasteiger partial charge < -0.3 is 11.1 Å². The van der Waals surface area contributed by atoms with Gasteiger partial charge in [-0.3, -0.25) is 4.79 Å². The lowest BCUT2D eigenvalue weighted by molar-refractivity contribution is -0.120. The third kappa shape index (κ3) is 2.97. The zero-order chi connectivity index (χ0) is 12.3. The molecule has 3 nitrogen and oxygen atoms in total. The number of anilines is 1. The van der Waals surface area contributed by atoms with Crippen LogP contribution in [0, 0.1) is 6.92 Å². The second kappa shape index (κ2) is 4.85. The highest BCUT2D eigenvalue weighted by Crippen LogP contribution is 2.20. The van der Waals surface area contributed by atoms with Crippen molar-refractivity contribution < 1.29 is 4.79 Å². The van der Waals surface area contributed by atoms with E-state index >= 15 is 0 Å². The van der Waals surface area contributed by atoms with Crippen LogP contribution in [0.2, 0.25) is 5.02 Å². The SMILES string of the molecule is CCC(C)(N)C(=O)Nc1ccc(Cl)cc1C. The minimum absolute atomic E-state index is 0.180. The van der Waals surface area contributed by atoms with E-state index in [2.05, 4.69) is 5.32 Å². The van der Waals surface area contributed by atoms with Gasteiger partial charge in [-0.25, -0.2) is 0 Å². The van der Waals surface area contributed by atoms with Gasteiger partial charge in [-0.2, -0.15) is 0 Å². The van der Waals surface area contributed by atoms with Crippen LogP contribution in [0.25, 0.3) is 0 Å². The predicted molar refractivity (Wildman–Crippen MR) is 67.7 cm³/mol. The largest absolute Gasteiger partial charge is 0.324 e. The van der Waals surface area contributed by atoms with Crippen LogP contribution in [-0.4, -0.2) is 11.4 Å². The zero-order valence-corrected chi connectivity index (χ0v) is 10.6. The molecule has 1 amide bonds. The maximum Gasteiger partial charge on any atom is 0.244 e. The number of benzene rings is 1. The highest BCUT2D eigenvalue weighted by atomic mass is 35.5. The summed E-state index contributed by atoms with van der Waals surface area (Å²) in [6, 6.07) is 5.32. The van der Waals surface area contributed by atoms with Crippen LogP contribution in [-0.2, 0) is 4.79 Å². The lowest BCUT2D eigenvalue weighted by atomic mass is 9.99. The monoisotopic (exact) mass is 240 g/mol. The molecule has 1 rings (SSSR count). The van der Waals surface area contributed by atoms with Gasteiger partial charge in [0.1, 0.15) is 0 Å². The number of hydrogen-bond donors (Lipinski definition) is 2. The molecule has 0 aromatic heterocycles. The Morgan fingerprint density at radius 3 is 2.69 bits per heavy atom. The maximum atomic E-state index is 11.8. The predicted octanol–water partition coefficient (Wildman–Crippen LogP) is 2.71. The average Bonchev–Trinajstić information content (AvgIpc) is 2.22. The topological polar surface area (TPSA) is 55.1 Å². The molecule has 0 spiro atoms. The van der Waals surface area contributed by atoms with Crippen LogP contribution < -0.4 is 11.1 Å². The first-order valence-electron chi connectivity index (χ1n) is 5.23. The van der Waals surface area contributed by atoms with E-state index in [1.165, 1.54) is 0 Å². The summed E-state index contributed by atoms with van der Waals surface area (Å²) in [5.41, 5.74) is 6.68. The molecule has 0 saturated carbocycles. The van der Waals surface area contributed by atoms with E-state index < -0.39 is 5.54 Å². The van der Waals surface area contributed by atoms with E-state index in [1.807, 2.05) is 13.8 Å². The Morgan fingerprint density at radius 1 is 1.56 bits per heavy atom. The molecule has 0 aliphatic rings. The molecule has 4 heteroatoms. The number of hydrogen-bond acceptors (Lipinski definition) is 2. The van der Waals surface area contributed by atoms with Crippen LogP contribution in [0.1, 0.15) is 25.8 Å². The van der Waals surface area contributed by atoms with E-state index in [-0.39, 0.29) is 5.91 Å². The van der Waals surface area contributed by atoms with E-state index in [4.69, 9.17) is 17.3 Å². The van der Waals surface area contributed by atoms with E-state index in [9.17, 15) is 4.79 Å². The molecule has 0 fully saturated rings. The fourth-order valence-corrected chi connectivity index (χ4v) is 1.42. The van der Waals surface area contributed by atoms with Gasteiger partial charge in [-0.1, -0.05) is 18.5 Å². The quantitative estimate of drug-likeness (QED) is 0.854. The summed E-state index contributed by atoms with van der Waals surface area (Å²) in [5, 5.41) is 3.46. The lowest BCUT2D eigenvalue weighted by Crippen LogP contribution is -2.47. The number of carbonyl (C=O) groups excluding carboxylic acids is 1. The Bertz CT molecular complexity index is 402. The molecule has 0 bridgehead atoms. The fraction of sp³-hybridized carbons (Fsp3) is 0.417. The maximum absolute atomic E-state index is 11.8. The molecule has 16 heavy (non-hydrogen) atoms. The van der Waals surface area contributed by atoms with Crippen molar-refractivity contribution in [3.8, 4) is 0 Å². The van der Waals surface area contributed by atoms with Crippen molar-refractivity contribution >= 4 is 23.2 Å². The summed E-state index contributed by atoms with van der Waals surface area (Å²) in [4.78, 5) is 11.8. The van der Waals surface area contributed by atoms with Gasteiger partial charge in [-0.05, 0) is 44.0 Å². The second-order valence-corrected chi connectivity index (χ2v) is 4.62. The molecule has 1 aromatic rings. The van der Waals surface area contributed by atoms with Gasteiger partial charge >= 0.3 is 0 Å². The van der Waals surface area contributed by atoms with Crippen molar-refractivity contribution in [2.75, 3.05) is 5.32 Å². The fourth-order valence-electron chi connectivity index (χ4n) is 1.19. The molecule has 0 heterocycles. The highest BCUT2D eigenvalue weighted by molar-refractivity contribution is 6.30. The van der Waals surface area contributed by atoms with E-state index in [0.717, 1.165) is 11.3 Å². The first-order valence-corrected chi connectivity index (χ1v) is 5.61. The molecule has 0 aliphatic carbocycles. The third-order valence-electron chi connectivity index (χ3n) is 2.69. The summed E-state index contributed by atoms with van der Waals surface area (Å²) in [6.45, 7) is 5.49. The number of nitrogens with one attached hydrogen (secondary N) is 1. The van der Waals surface area contributed by atoms with Crippen molar-refractivity contribution in [2.24, 2.45) is 5.73 Å². The number of nitrogens with two attached hydrogens (primary N) is 1. The number of rotatable bonds is 3. The van der Waals surface area contributed by atoms with Crippen LogP contribution in [0.15, 0.2) is 18.2 Å². The van der Waals surface area contributed by atoms with Crippen LogP contribution in [0.5, 0.6) is 0 Å². The van der Waals surface area contributed by atoms with Gasteiger partial charge in [0, 0.05) is 10.7 Å². The van der Waals surface area contributed by atoms with Crippen LogP contribution in [0.3, 0.4) is 0 Å². The number of halogens is 1. The van der Waals surface area contributed by atoms with Crippen molar-refractivity contribution in [3.63, 3.8) is 0 Å². The van der Waals surface area contributed by atoms with Crippen molar-refractivity contribution in [3.05, 3.63) is 28.8 Å². The minimum atomic E-state index is -0.841. The van der Waals surface area contributed by atoms with Gasteiger partial charge in [0.05, 0.1) is 5.54 Å². The second-order valence-electron chi connectivity index (χ2n) is 4.18. The average molecular weight is 241 g/mol. The highest BCUT2D eigenvalue weighted by Gasteiger charge is 2.26. The van der Waals surface area contributed by atoms with Crippen LogP contribution in [0.4, 0.5) is 5.69 Å². The van der Waals surface area contributed by atoms with E-state index in [0.29, 0.717) is 11.4 Å². The molecular formula is C12H17ClN2O. The summed E-state index contributed by atoms with van der Waals surface area (Å²) in [6.07, 6.45) is 0.589. The molecular weight excluding hydrogens is 224 g/mol. The molecule has 3 N–H and O–H groups in total. The summed E-state index contributed by atoms with van der Waals surface area (Å²) >= 11 is 5.83. The lowest BCUT2D eigenvalue weighted by Gasteiger charge is -2.22. The third-order valence-corrected chi connectivity index (χ3v) is 2.92. The first kappa shape index (κ1) is 13.0. The Balaban J connectivity index is 2.85. The molecule has 1 atom stereocenters. The Labute approximate surface area is 101 Å². The molecule has 0 radical (unpaired) electrons. The van der Waals surface area contributed by atoms with Crippen LogP contribution >= 0.6 is 11.6 Å². The summed E-state index contributed by atoms with van der Waals surface area (Å²) in [5.74, 6) is -0.180. The first-order chi connectivity index (χ1) is 7.36. The molecule has 1 aromatic carbocycles. The minimum Gasteiger partial charge on any atom is -0.324 e. The smallest absolute Gasteiger partial charge is 0.244 e. The Kier molecular flexibility index (Phi) is 3.94. The number of amides is 1. The van der Waals surface area contributed by atoms with Gasteiger partial charge in [0.15, 0.2) is 0 Å². The number of aryl methyl sites for hydroxylation is 1. The van der Waals surface area contributed by atoms with E-state index in [1.54, 1.807) is 25.1 Å². The standard InChI is InChI=1S/C12H17ClN2O/c1-4-12(3,14)11(16)15-10-6-5-9(13)7-8(10)2/h5-7H,4,14H2,1-3H3,(H,15,16). The van der Waals surface area contributed by atoms with Crippen molar-refractivity contribution in [2.45, 2.75) is 32.7 Å². The van der Waals surface area contributed by atoms with Gasteiger partial charge in [0.2, 0.25) is 5.91 Å². The molecule has 1 unspecified atom stereocenters. The van der Waals surface area contributed by atoms with Crippen molar-refractivity contribution in [1.29, 1.82) is 0 Å². The Morgan fingerprint density at radius 2 is 2.19 bits per heavy atom. The summed E-state index contributed by atoms with van der Waals surface area (Å²) in [7, 11) is 0. The molecule has 0 saturated heterocycles. The summed E-state index contributed by atoms with van der Waals surface area (Å²) < 4.78 is 0. The van der Waals surface area contributed by atoms with Gasteiger partial charge in [-0.15, -0.1) is 0 Å². The zero-order valence-electron chi connectivity index (χ0n) is 9.80. The number of carbonyl (C=O) groups is 1. The van der Waals surface area contributed by atoms with Gasteiger partial charge in [0.25, 0.3) is 0 Å². The molecule has 88 valence electrons. The Hall–Kier alpha value is -1.06. The van der Waals surface area contributed by atoms with Crippen molar-refractivity contribution in [1.82, 2.24) is 0 Å². The normalized spacial score (nSPS) is 14.3.